The van der Waals surface area contributed by atoms with E-state index in [1.165, 1.54) is 0 Å². The summed E-state index contributed by atoms with van der Waals surface area (Å²) in [6, 6.07) is 13.2. The number of para-hydroxylation sites is 1. The van der Waals surface area contributed by atoms with Crippen molar-refractivity contribution in [3.8, 4) is 5.75 Å². The number of aromatic hydroxyl groups is 1. The van der Waals surface area contributed by atoms with Gasteiger partial charge in [-0.25, -0.2) is 9.59 Å². The summed E-state index contributed by atoms with van der Waals surface area (Å²) in [6.45, 7) is 8.84. The molecule has 1 atom stereocenters. The van der Waals surface area contributed by atoms with Crippen LogP contribution in [-0.2, 0) is 31.9 Å². The minimum Gasteiger partial charge on any atom is -0.507 e. The van der Waals surface area contributed by atoms with Gasteiger partial charge >= 0.3 is 18.1 Å². The summed E-state index contributed by atoms with van der Waals surface area (Å²) in [7, 11) is 0. The van der Waals surface area contributed by atoms with Crippen LogP contribution >= 0.6 is 15.9 Å². The lowest BCUT2D eigenvalue weighted by Gasteiger charge is -2.43. The van der Waals surface area contributed by atoms with Gasteiger partial charge in [0.1, 0.15) is 5.75 Å². The van der Waals surface area contributed by atoms with E-state index in [0.29, 0.717) is 75.7 Å². The van der Waals surface area contributed by atoms with Gasteiger partial charge in [0.15, 0.2) is 6.10 Å². The van der Waals surface area contributed by atoms with Gasteiger partial charge in [0.05, 0.1) is 17.5 Å². The number of hydrogen-bond donors (Lipinski definition) is 2. The smallest absolute Gasteiger partial charge is 0.410 e. The normalized spacial score (nSPS) is 20.1. The van der Waals surface area contributed by atoms with Crippen molar-refractivity contribution in [2.45, 2.75) is 70.1 Å². The second kappa shape index (κ2) is 17.8. The van der Waals surface area contributed by atoms with E-state index in [1.54, 1.807) is 28.0 Å². The van der Waals surface area contributed by atoms with Crippen LogP contribution in [0.1, 0.15) is 50.2 Å². The zero-order chi connectivity index (χ0) is 36.6. The first-order valence-electron chi connectivity index (χ1n) is 18.7. The Hall–Kier alpha value is -3.88. The number of urea groups is 1. The average Bonchev–Trinajstić information content (AvgIpc) is 3.33. The number of carbonyl (C=O) groups is 4. The molecule has 2 aromatic rings. The maximum absolute atomic E-state index is 14.0. The number of anilines is 1. The molecule has 4 aliphatic heterocycles. The molecule has 2 aromatic carbocycles. The molecule has 52 heavy (non-hydrogen) atoms. The molecule has 6 rings (SSSR count). The van der Waals surface area contributed by atoms with E-state index in [1.807, 2.05) is 36.1 Å². The Balaban J connectivity index is 1.02. The zero-order valence-electron chi connectivity index (χ0n) is 30.0. The van der Waals surface area contributed by atoms with E-state index < -0.39 is 12.2 Å². The largest absolute Gasteiger partial charge is 0.507 e. The lowest BCUT2D eigenvalue weighted by molar-refractivity contribution is -0.144. The molecule has 4 amide bonds. The number of phenolic OH excluding ortho intramolecular Hbond substituents is 1. The van der Waals surface area contributed by atoms with Gasteiger partial charge in [-0.3, -0.25) is 14.5 Å². The molecule has 0 bridgehead atoms. The molecule has 3 fully saturated rings. The number of nitrogens with one attached hydrogen (secondary N) is 1. The van der Waals surface area contributed by atoms with Gasteiger partial charge in [0.25, 0.3) is 5.91 Å². The third-order valence-electron chi connectivity index (χ3n) is 10.9. The third-order valence-corrected chi connectivity index (χ3v) is 11.5. The zero-order valence-corrected chi connectivity index (χ0v) is 31.6. The highest BCUT2D eigenvalue weighted by atomic mass is 79.9. The third kappa shape index (κ3) is 9.56. The first-order chi connectivity index (χ1) is 25.2. The standard InChI is InChI=1S/C38H51BrN6O7/c1-2-51-35(47)14-17-41-15-10-29(11-16-41)42-21-23-43(24-22-42)36(48)34(26-27-7-8-33(46)31(39)25-27)52-38(50)44-18-12-30(13-19-44)45-20-9-28-5-3-4-6-32(28)40-37(45)49/h3-8,25,29-30,34,46H,2,9-24,26H2,1H3,(H,40,49)/t34-/m1/s1. The molecule has 4 heterocycles. The topological polar surface area (TPSA) is 135 Å². The lowest BCUT2D eigenvalue weighted by Crippen LogP contribution is -2.56. The summed E-state index contributed by atoms with van der Waals surface area (Å²) in [4.78, 5) is 62.6. The second-order valence-electron chi connectivity index (χ2n) is 14.1. The highest BCUT2D eigenvalue weighted by molar-refractivity contribution is 9.10. The fourth-order valence-corrected chi connectivity index (χ4v) is 8.29. The summed E-state index contributed by atoms with van der Waals surface area (Å²) < 4.78 is 11.6. The van der Waals surface area contributed by atoms with Crippen LogP contribution in [0.3, 0.4) is 0 Å². The Morgan fingerprint density at radius 1 is 0.904 bits per heavy atom. The fraction of sp³-hybridized carbons (Fsp3) is 0.579. The first-order valence-corrected chi connectivity index (χ1v) is 19.5. The van der Waals surface area contributed by atoms with Crippen molar-refractivity contribution < 1.29 is 33.8 Å². The number of rotatable bonds is 10. The molecule has 3 saturated heterocycles. The molecule has 0 unspecified atom stereocenters. The van der Waals surface area contributed by atoms with E-state index in [9.17, 15) is 24.3 Å². The number of esters is 1. The second-order valence-corrected chi connectivity index (χ2v) is 15.0. The number of amides is 4. The van der Waals surface area contributed by atoms with Gasteiger partial charge < -0.3 is 39.5 Å². The molecule has 282 valence electrons. The Morgan fingerprint density at radius 2 is 1.62 bits per heavy atom. The molecule has 4 aliphatic rings. The van der Waals surface area contributed by atoms with Gasteiger partial charge in [0, 0.05) is 76.5 Å². The van der Waals surface area contributed by atoms with E-state index >= 15 is 0 Å². The van der Waals surface area contributed by atoms with Crippen LogP contribution in [0.4, 0.5) is 15.3 Å². The number of fused-ring (bicyclic) bond motifs is 1. The minimum atomic E-state index is -1.02. The van der Waals surface area contributed by atoms with Gasteiger partial charge in [-0.1, -0.05) is 24.3 Å². The van der Waals surface area contributed by atoms with Crippen molar-refractivity contribution in [2.75, 3.05) is 77.4 Å². The number of likely N-dealkylation sites (tertiary alicyclic amines) is 2. The molecule has 2 N–H and O–H groups in total. The van der Waals surface area contributed by atoms with Crippen molar-refractivity contribution in [3.63, 3.8) is 0 Å². The van der Waals surface area contributed by atoms with Gasteiger partial charge in [0.2, 0.25) is 0 Å². The molecule has 14 heteroatoms. The lowest BCUT2D eigenvalue weighted by atomic mass is 10.0. The van der Waals surface area contributed by atoms with Gasteiger partial charge in [-0.2, -0.15) is 0 Å². The van der Waals surface area contributed by atoms with Crippen LogP contribution in [0.25, 0.3) is 0 Å². The van der Waals surface area contributed by atoms with E-state index in [4.69, 9.17) is 9.47 Å². The fourth-order valence-electron chi connectivity index (χ4n) is 7.87. The van der Waals surface area contributed by atoms with Crippen molar-refractivity contribution in [1.29, 1.82) is 0 Å². The monoisotopic (exact) mass is 782 g/mol. The number of ether oxygens (including phenoxy) is 2. The SMILES string of the molecule is CCOC(=O)CCN1CCC(N2CCN(C(=O)[C@@H](Cc3ccc(O)c(Br)c3)OC(=O)N3CCC(N4CCc5ccccc5NC4=O)CC3)CC2)CC1. The molecule has 13 nitrogen and oxygen atoms in total. The van der Waals surface area contributed by atoms with Crippen LogP contribution < -0.4 is 5.32 Å². The number of benzene rings is 2. The van der Waals surface area contributed by atoms with Crippen molar-refractivity contribution in [3.05, 3.63) is 58.1 Å². The predicted molar refractivity (Wildman–Crippen MR) is 199 cm³/mol. The highest BCUT2D eigenvalue weighted by Crippen LogP contribution is 2.28. The van der Waals surface area contributed by atoms with Crippen molar-refractivity contribution in [1.82, 2.24) is 24.5 Å². The Bertz CT molecular complexity index is 1570. The number of hydrogen-bond acceptors (Lipinski definition) is 9. The number of phenols is 1. The predicted octanol–water partition coefficient (Wildman–Crippen LogP) is 4.32. The van der Waals surface area contributed by atoms with Crippen molar-refractivity contribution >= 4 is 45.6 Å². The van der Waals surface area contributed by atoms with Gasteiger partial charge in [-0.05, 0) is 97.4 Å². The number of nitrogens with zero attached hydrogens (tertiary/aromatic N) is 5. The molecule has 0 aromatic heterocycles. The van der Waals surface area contributed by atoms with E-state index in [2.05, 4.69) is 31.0 Å². The Labute approximate surface area is 314 Å². The van der Waals surface area contributed by atoms with Gasteiger partial charge in [-0.15, -0.1) is 0 Å². The minimum absolute atomic E-state index is 0.00160. The van der Waals surface area contributed by atoms with Crippen LogP contribution in [0, 0.1) is 0 Å². The number of piperidine rings is 2. The summed E-state index contributed by atoms with van der Waals surface area (Å²) >= 11 is 3.37. The summed E-state index contributed by atoms with van der Waals surface area (Å²) in [5, 5.41) is 13.1. The van der Waals surface area contributed by atoms with Crippen LogP contribution in [-0.4, -0.2) is 144 Å². The van der Waals surface area contributed by atoms with Crippen molar-refractivity contribution in [2.24, 2.45) is 0 Å². The van der Waals surface area contributed by atoms with E-state index in [-0.39, 0.29) is 36.1 Å². The molecule has 0 radical (unpaired) electrons. The summed E-state index contributed by atoms with van der Waals surface area (Å²) in [5.41, 5.74) is 2.72. The van der Waals surface area contributed by atoms with Crippen LogP contribution in [0.15, 0.2) is 46.9 Å². The quantitative estimate of drug-likeness (QED) is 0.338. The maximum atomic E-state index is 14.0. The molecule has 0 saturated carbocycles. The Kier molecular flexibility index (Phi) is 12.9. The summed E-state index contributed by atoms with van der Waals surface area (Å²) in [5.74, 6) is -0.279. The number of carbonyl (C=O) groups excluding carboxylic acids is 4. The number of piperazine rings is 1. The Morgan fingerprint density at radius 3 is 2.33 bits per heavy atom. The van der Waals surface area contributed by atoms with Crippen LogP contribution in [0.5, 0.6) is 5.75 Å². The first kappa shape index (κ1) is 37.9. The number of halogens is 1. The molecular weight excluding hydrogens is 732 g/mol. The molecular formula is C38H51BrN6O7. The highest BCUT2D eigenvalue weighted by Gasteiger charge is 2.36. The van der Waals surface area contributed by atoms with E-state index in [0.717, 1.165) is 62.3 Å². The molecule has 0 aliphatic carbocycles. The van der Waals surface area contributed by atoms with Crippen LogP contribution in [0.2, 0.25) is 0 Å². The molecule has 0 spiro atoms. The average molecular weight is 784 g/mol. The summed E-state index contributed by atoms with van der Waals surface area (Å²) in [6.07, 6.45) is 3.07. The maximum Gasteiger partial charge on any atom is 0.410 e.